The average molecular weight is 274 g/mol. The summed E-state index contributed by atoms with van der Waals surface area (Å²) in [5, 5.41) is 13.8. The van der Waals surface area contributed by atoms with E-state index in [1.165, 1.54) is 18.2 Å². The van der Waals surface area contributed by atoms with E-state index in [9.17, 15) is 14.5 Å². The van der Waals surface area contributed by atoms with Crippen molar-refractivity contribution in [2.75, 3.05) is 11.9 Å². The molecule has 2 aromatic rings. The van der Waals surface area contributed by atoms with Crippen LogP contribution in [-0.2, 0) is 6.42 Å². The number of hydrogen-bond donors (Lipinski definition) is 1. The van der Waals surface area contributed by atoms with Gasteiger partial charge in [0.25, 0.3) is 5.69 Å². The predicted molar refractivity (Wildman–Crippen MR) is 76.4 cm³/mol. The van der Waals surface area contributed by atoms with Gasteiger partial charge >= 0.3 is 0 Å². The number of hydrogen-bond acceptors (Lipinski definition) is 3. The molecule has 0 aliphatic rings. The van der Waals surface area contributed by atoms with Crippen molar-refractivity contribution in [1.82, 2.24) is 0 Å². The summed E-state index contributed by atoms with van der Waals surface area (Å²) in [6, 6.07) is 11.3. The van der Waals surface area contributed by atoms with Crippen molar-refractivity contribution < 1.29 is 9.31 Å². The summed E-state index contributed by atoms with van der Waals surface area (Å²) in [6.45, 7) is 2.37. The van der Waals surface area contributed by atoms with Gasteiger partial charge in [0.15, 0.2) is 0 Å². The van der Waals surface area contributed by atoms with Crippen LogP contribution in [0.25, 0.3) is 0 Å². The Balaban J connectivity index is 1.98. The summed E-state index contributed by atoms with van der Waals surface area (Å²) in [7, 11) is 0. The predicted octanol–water partition coefficient (Wildman–Crippen LogP) is 3.70. The Bertz CT molecular complexity index is 629. The van der Waals surface area contributed by atoms with Crippen LogP contribution in [0.3, 0.4) is 0 Å². The lowest BCUT2D eigenvalue weighted by molar-refractivity contribution is -0.384. The second-order valence-electron chi connectivity index (χ2n) is 4.52. The van der Waals surface area contributed by atoms with Gasteiger partial charge < -0.3 is 5.32 Å². The highest BCUT2D eigenvalue weighted by Gasteiger charge is 2.08. The second kappa shape index (κ2) is 6.14. The SMILES string of the molecule is Cc1cc([N+](=O)[O-])ccc1NCCc1ccccc1F. The fourth-order valence-electron chi connectivity index (χ4n) is 1.99. The molecule has 0 fully saturated rings. The minimum atomic E-state index is -0.421. The van der Waals surface area contributed by atoms with Crippen molar-refractivity contribution in [2.45, 2.75) is 13.3 Å². The lowest BCUT2D eigenvalue weighted by Crippen LogP contribution is -2.07. The maximum absolute atomic E-state index is 13.4. The molecule has 104 valence electrons. The van der Waals surface area contributed by atoms with Gasteiger partial charge in [0.05, 0.1) is 4.92 Å². The Labute approximate surface area is 116 Å². The minimum absolute atomic E-state index is 0.0714. The van der Waals surface area contributed by atoms with Gasteiger partial charge in [0, 0.05) is 24.4 Å². The summed E-state index contributed by atoms with van der Waals surface area (Å²) in [5.41, 5.74) is 2.35. The largest absolute Gasteiger partial charge is 0.384 e. The number of rotatable bonds is 5. The van der Waals surface area contributed by atoms with Crippen LogP contribution in [0.4, 0.5) is 15.8 Å². The van der Waals surface area contributed by atoms with Crippen LogP contribution in [0, 0.1) is 22.9 Å². The van der Waals surface area contributed by atoms with E-state index in [0.29, 0.717) is 18.5 Å². The molecule has 2 rings (SSSR count). The third kappa shape index (κ3) is 3.32. The normalized spacial score (nSPS) is 10.3. The minimum Gasteiger partial charge on any atom is -0.384 e. The summed E-state index contributed by atoms with van der Waals surface area (Å²) >= 11 is 0. The van der Waals surface area contributed by atoms with Crippen molar-refractivity contribution in [2.24, 2.45) is 0 Å². The Kier molecular flexibility index (Phi) is 4.30. The van der Waals surface area contributed by atoms with Gasteiger partial charge in [0.2, 0.25) is 0 Å². The smallest absolute Gasteiger partial charge is 0.269 e. The number of halogens is 1. The fraction of sp³-hybridized carbons (Fsp3) is 0.200. The average Bonchev–Trinajstić information content (AvgIpc) is 2.42. The quantitative estimate of drug-likeness (QED) is 0.668. The zero-order valence-corrected chi connectivity index (χ0v) is 11.1. The molecule has 1 N–H and O–H groups in total. The highest BCUT2D eigenvalue weighted by Crippen LogP contribution is 2.21. The molecular weight excluding hydrogens is 259 g/mol. The van der Waals surface area contributed by atoms with Crippen LogP contribution < -0.4 is 5.32 Å². The number of nitrogens with one attached hydrogen (secondary N) is 1. The first-order chi connectivity index (χ1) is 9.58. The summed E-state index contributed by atoms with van der Waals surface area (Å²) in [5.74, 6) is -0.213. The molecule has 20 heavy (non-hydrogen) atoms. The van der Waals surface area contributed by atoms with E-state index in [-0.39, 0.29) is 11.5 Å². The first-order valence-electron chi connectivity index (χ1n) is 6.30. The third-order valence-electron chi connectivity index (χ3n) is 3.09. The van der Waals surface area contributed by atoms with Crippen molar-refractivity contribution in [3.63, 3.8) is 0 Å². The molecule has 0 aliphatic heterocycles. The summed E-state index contributed by atoms with van der Waals surface area (Å²) in [6.07, 6.45) is 0.559. The van der Waals surface area contributed by atoms with Gasteiger partial charge in [-0.05, 0) is 36.6 Å². The third-order valence-corrected chi connectivity index (χ3v) is 3.09. The summed E-state index contributed by atoms with van der Waals surface area (Å²) in [4.78, 5) is 10.2. The van der Waals surface area contributed by atoms with Crippen LogP contribution >= 0.6 is 0 Å². The number of nitro groups is 1. The monoisotopic (exact) mass is 274 g/mol. The first-order valence-corrected chi connectivity index (χ1v) is 6.30. The fourth-order valence-corrected chi connectivity index (χ4v) is 1.99. The standard InChI is InChI=1S/C15H15FN2O2/c1-11-10-13(18(19)20)6-7-15(11)17-9-8-12-4-2-3-5-14(12)16/h2-7,10,17H,8-9H2,1H3. The molecule has 0 saturated carbocycles. The van der Waals surface area contributed by atoms with E-state index >= 15 is 0 Å². The van der Waals surface area contributed by atoms with E-state index in [2.05, 4.69) is 5.32 Å². The maximum Gasteiger partial charge on any atom is 0.269 e. The molecule has 0 saturated heterocycles. The van der Waals surface area contributed by atoms with Crippen LogP contribution in [0.2, 0.25) is 0 Å². The van der Waals surface area contributed by atoms with Gasteiger partial charge in [0.1, 0.15) is 5.82 Å². The highest BCUT2D eigenvalue weighted by molar-refractivity contribution is 5.55. The highest BCUT2D eigenvalue weighted by atomic mass is 19.1. The molecular formula is C15H15FN2O2. The molecule has 2 aromatic carbocycles. The zero-order chi connectivity index (χ0) is 14.5. The molecule has 0 aromatic heterocycles. The van der Waals surface area contributed by atoms with Crippen molar-refractivity contribution in [1.29, 1.82) is 0 Å². The van der Waals surface area contributed by atoms with Gasteiger partial charge in [-0.3, -0.25) is 10.1 Å². The Morgan fingerprint density at radius 2 is 2.00 bits per heavy atom. The molecule has 0 spiro atoms. The number of non-ortho nitro benzene ring substituents is 1. The van der Waals surface area contributed by atoms with E-state index in [1.54, 1.807) is 31.2 Å². The Morgan fingerprint density at radius 3 is 2.65 bits per heavy atom. The second-order valence-corrected chi connectivity index (χ2v) is 4.52. The molecule has 0 amide bonds. The summed E-state index contributed by atoms with van der Waals surface area (Å²) < 4.78 is 13.4. The maximum atomic E-state index is 13.4. The van der Waals surface area contributed by atoms with Crippen molar-refractivity contribution in [3.05, 3.63) is 69.5 Å². The van der Waals surface area contributed by atoms with E-state index < -0.39 is 4.92 Å². The van der Waals surface area contributed by atoms with Crippen molar-refractivity contribution in [3.8, 4) is 0 Å². The lowest BCUT2D eigenvalue weighted by atomic mass is 10.1. The van der Waals surface area contributed by atoms with Crippen LogP contribution in [-0.4, -0.2) is 11.5 Å². The van der Waals surface area contributed by atoms with Crippen LogP contribution in [0.15, 0.2) is 42.5 Å². The van der Waals surface area contributed by atoms with Crippen LogP contribution in [0.1, 0.15) is 11.1 Å². The molecule has 4 nitrogen and oxygen atoms in total. The van der Waals surface area contributed by atoms with Gasteiger partial charge in [-0.1, -0.05) is 18.2 Å². The molecule has 5 heteroatoms. The van der Waals surface area contributed by atoms with Crippen molar-refractivity contribution >= 4 is 11.4 Å². The zero-order valence-electron chi connectivity index (χ0n) is 11.1. The molecule has 0 radical (unpaired) electrons. The van der Waals surface area contributed by atoms with E-state index in [0.717, 1.165) is 11.3 Å². The Hall–Kier alpha value is -2.43. The topological polar surface area (TPSA) is 55.2 Å². The first kappa shape index (κ1) is 14.0. The van der Waals surface area contributed by atoms with E-state index in [4.69, 9.17) is 0 Å². The van der Waals surface area contributed by atoms with Gasteiger partial charge in [-0.25, -0.2) is 4.39 Å². The number of nitrogens with zero attached hydrogens (tertiary/aromatic N) is 1. The number of nitro benzene ring substituents is 1. The van der Waals surface area contributed by atoms with Gasteiger partial charge in [-0.2, -0.15) is 0 Å². The van der Waals surface area contributed by atoms with Gasteiger partial charge in [-0.15, -0.1) is 0 Å². The molecule has 0 unspecified atom stereocenters. The molecule has 0 heterocycles. The number of benzene rings is 2. The molecule has 0 aliphatic carbocycles. The lowest BCUT2D eigenvalue weighted by Gasteiger charge is -2.09. The van der Waals surface area contributed by atoms with E-state index in [1.807, 2.05) is 0 Å². The van der Waals surface area contributed by atoms with Crippen LogP contribution in [0.5, 0.6) is 0 Å². The Morgan fingerprint density at radius 1 is 1.25 bits per heavy atom. The number of aryl methyl sites for hydroxylation is 1. The molecule has 0 bridgehead atoms. The number of anilines is 1. The molecule has 0 atom stereocenters.